The van der Waals surface area contributed by atoms with E-state index in [9.17, 15) is 24.6 Å². The molecule has 1 aliphatic heterocycles. The first-order valence-electron chi connectivity index (χ1n) is 12.7. The van der Waals surface area contributed by atoms with E-state index < -0.39 is 36.1 Å². The maximum atomic E-state index is 13.1. The molecule has 0 spiro atoms. The van der Waals surface area contributed by atoms with Gasteiger partial charge in [-0.15, -0.1) is 0 Å². The number of cyclic esters (lactones) is 1. The van der Waals surface area contributed by atoms with Gasteiger partial charge in [0.05, 0.1) is 24.8 Å². The number of amides is 2. The minimum atomic E-state index is -1.25. The molecule has 2 aromatic rings. The van der Waals surface area contributed by atoms with Gasteiger partial charge < -0.3 is 25.6 Å². The molecule has 0 unspecified atom stereocenters. The van der Waals surface area contributed by atoms with Crippen molar-refractivity contribution in [1.82, 2.24) is 10.6 Å². The number of hydrogen-bond donors (Lipinski definition) is 4. The Hall–Kier alpha value is -3.23. The van der Waals surface area contributed by atoms with Gasteiger partial charge in [0, 0.05) is 18.8 Å². The molecule has 1 heterocycles. The summed E-state index contributed by atoms with van der Waals surface area (Å²) < 4.78 is 5.57. The van der Waals surface area contributed by atoms with Crippen molar-refractivity contribution in [2.75, 3.05) is 6.54 Å². The van der Waals surface area contributed by atoms with E-state index in [0.29, 0.717) is 0 Å². The van der Waals surface area contributed by atoms with Crippen LogP contribution in [0.15, 0.2) is 54.6 Å². The molecule has 2 amide bonds. The third-order valence-corrected chi connectivity index (χ3v) is 7.03. The largest absolute Gasteiger partial charge is 0.456 e. The van der Waals surface area contributed by atoms with Gasteiger partial charge in [0.1, 0.15) is 6.10 Å². The summed E-state index contributed by atoms with van der Waals surface area (Å²) in [7, 11) is 0. The van der Waals surface area contributed by atoms with Gasteiger partial charge in [-0.1, -0.05) is 54.6 Å². The molecule has 0 saturated carbocycles. The van der Waals surface area contributed by atoms with Gasteiger partial charge in [-0.05, 0) is 48.8 Å². The molecule has 8 heteroatoms. The number of carbonyl (C=O) groups excluding carboxylic acids is 3. The van der Waals surface area contributed by atoms with Gasteiger partial charge in [0.15, 0.2) is 0 Å². The van der Waals surface area contributed by atoms with Crippen molar-refractivity contribution in [1.29, 1.82) is 0 Å². The molecule has 4 rings (SSSR count). The molecule has 0 bridgehead atoms. The highest BCUT2D eigenvalue weighted by atomic mass is 16.5. The summed E-state index contributed by atoms with van der Waals surface area (Å²) in [6.07, 6.45) is -0.666. The molecule has 36 heavy (non-hydrogen) atoms. The van der Waals surface area contributed by atoms with Crippen molar-refractivity contribution in [3.63, 3.8) is 0 Å². The maximum absolute atomic E-state index is 13.1. The topological polar surface area (TPSA) is 125 Å². The van der Waals surface area contributed by atoms with E-state index >= 15 is 0 Å². The van der Waals surface area contributed by atoms with Crippen LogP contribution in [0, 0.1) is 5.92 Å². The number of esters is 1. The van der Waals surface area contributed by atoms with E-state index in [0.717, 1.165) is 30.4 Å². The Balaban J connectivity index is 1.46. The highest BCUT2D eigenvalue weighted by Gasteiger charge is 2.31. The van der Waals surface area contributed by atoms with E-state index in [2.05, 4.69) is 16.7 Å². The van der Waals surface area contributed by atoms with E-state index in [1.54, 1.807) is 0 Å². The van der Waals surface area contributed by atoms with E-state index in [1.165, 1.54) is 5.56 Å². The fraction of sp³-hybridized carbons (Fsp3) is 0.464. The van der Waals surface area contributed by atoms with E-state index in [-0.39, 0.29) is 44.2 Å². The molecule has 1 aliphatic carbocycles. The summed E-state index contributed by atoms with van der Waals surface area (Å²) in [5.74, 6) is -2.08. The molecule has 2 aliphatic rings. The van der Waals surface area contributed by atoms with Gasteiger partial charge in [-0.25, -0.2) is 0 Å². The Morgan fingerprint density at radius 3 is 2.53 bits per heavy atom. The van der Waals surface area contributed by atoms with Crippen LogP contribution in [0.2, 0.25) is 0 Å². The predicted octanol–water partition coefficient (Wildman–Crippen LogP) is 2.49. The predicted molar refractivity (Wildman–Crippen MR) is 133 cm³/mol. The number of nitrogens with one attached hydrogen (secondary N) is 2. The number of benzene rings is 2. The first kappa shape index (κ1) is 25.9. The average molecular weight is 495 g/mol. The Morgan fingerprint density at radius 2 is 1.72 bits per heavy atom. The third kappa shape index (κ3) is 6.71. The second kappa shape index (κ2) is 12.1. The van der Waals surface area contributed by atoms with Crippen molar-refractivity contribution in [2.45, 2.75) is 69.3 Å². The maximum Gasteiger partial charge on any atom is 0.306 e. The Kier molecular flexibility index (Phi) is 8.72. The number of carbonyl (C=O) groups is 3. The van der Waals surface area contributed by atoms with Crippen molar-refractivity contribution >= 4 is 17.8 Å². The summed E-state index contributed by atoms with van der Waals surface area (Å²) in [4.78, 5) is 38.5. The number of fused-ring (bicyclic) bond motifs is 1. The monoisotopic (exact) mass is 494 g/mol. The van der Waals surface area contributed by atoms with Gasteiger partial charge in [0.25, 0.3) is 0 Å². The standard InChI is InChI=1S/C28H34N2O6/c31-23-13-14-27(34)36-25(19-8-2-1-3-9-19)17-29-28(35)20(15-24(23)32)16-26(33)30-22-12-6-10-18-7-4-5-11-21(18)22/h1-5,7-9,11,20,22-25,31-32H,6,10,12-17H2,(H,29,35)(H,30,33)/t20-,22+,23-,24-,25-/m0/s1. The van der Waals surface area contributed by atoms with Gasteiger partial charge in [-0.3, -0.25) is 14.4 Å². The summed E-state index contributed by atoms with van der Waals surface area (Å²) in [5, 5.41) is 26.8. The number of rotatable bonds is 4. The lowest BCUT2D eigenvalue weighted by Crippen LogP contribution is -2.42. The van der Waals surface area contributed by atoms with Crippen molar-refractivity contribution in [3.8, 4) is 0 Å². The average Bonchev–Trinajstić information content (AvgIpc) is 2.89. The second-order valence-corrected chi connectivity index (χ2v) is 9.66. The lowest BCUT2D eigenvalue weighted by Gasteiger charge is -2.28. The smallest absolute Gasteiger partial charge is 0.306 e. The third-order valence-electron chi connectivity index (χ3n) is 7.03. The minimum Gasteiger partial charge on any atom is -0.456 e. The summed E-state index contributed by atoms with van der Waals surface area (Å²) in [6, 6.07) is 17.0. The molecule has 192 valence electrons. The van der Waals surface area contributed by atoms with Crippen molar-refractivity contribution < 1.29 is 29.3 Å². The normalized spacial score (nSPS) is 27.4. The molecule has 0 aromatic heterocycles. The van der Waals surface area contributed by atoms with Crippen LogP contribution in [0.5, 0.6) is 0 Å². The van der Waals surface area contributed by atoms with Crippen LogP contribution in [0.1, 0.15) is 67.4 Å². The summed E-state index contributed by atoms with van der Waals surface area (Å²) in [5.41, 5.74) is 3.05. The number of aliphatic hydroxyl groups excluding tert-OH is 2. The Morgan fingerprint density at radius 1 is 0.972 bits per heavy atom. The van der Waals surface area contributed by atoms with Crippen LogP contribution in [-0.4, -0.2) is 46.7 Å². The zero-order valence-electron chi connectivity index (χ0n) is 20.3. The van der Waals surface area contributed by atoms with Crippen LogP contribution < -0.4 is 10.6 Å². The van der Waals surface area contributed by atoms with Crippen LogP contribution in [-0.2, 0) is 25.5 Å². The molecular weight excluding hydrogens is 460 g/mol. The van der Waals surface area contributed by atoms with Crippen molar-refractivity contribution in [2.24, 2.45) is 5.92 Å². The van der Waals surface area contributed by atoms with Crippen LogP contribution in [0.25, 0.3) is 0 Å². The molecule has 2 aromatic carbocycles. The Bertz CT molecular complexity index is 1060. The minimum absolute atomic E-state index is 0.000896. The molecule has 1 saturated heterocycles. The molecular formula is C28H34N2O6. The van der Waals surface area contributed by atoms with Gasteiger partial charge >= 0.3 is 5.97 Å². The molecule has 1 fully saturated rings. The summed E-state index contributed by atoms with van der Waals surface area (Å²) >= 11 is 0. The first-order chi connectivity index (χ1) is 17.4. The highest BCUT2D eigenvalue weighted by molar-refractivity contribution is 5.86. The Labute approximate surface area is 211 Å². The van der Waals surface area contributed by atoms with Crippen LogP contribution in [0.4, 0.5) is 0 Å². The zero-order valence-corrected chi connectivity index (χ0v) is 20.3. The molecule has 8 nitrogen and oxygen atoms in total. The first-order valence-corrected chi connectivity index (χ1v) is 12.7. The van der Waals surface area contributed by atoms with Gasteiger partial charge in [-0.2, -0.15) is 0 Å². The van der Waals surface area contributed by atoms with Crippen LogP contribution in [0.3, 0.4) is 0 Å². The highest BCUT2D eigenvalue weighted by Crippen LogP contribution is 2.30. The number of aryl methyl sites for hydroxylation is 1. The molecule has 0 radical (unpaired) electrons. The number of ether oxygens (including phenoxy) is 1. The zero-order chi connectivity index (χ0) is 25.5. The fourth-order valence-corrected chi connectivity index (χ4v) is 5.02. The van der Waals surface area contributed by atoms with E-state index in [4.69, 9.17) is 4.74 Å². The van der Waals surface area contributed by atoms with Gasteiger partial charge in [0.2, 0.25) is 11.8 Å². The SMILES string of the molecule is O=C(C[C@@H]1C[C@H](O)[C@@H](O)CCC(=O)O[C@H](c2ccccc2)CNC1=O)N[C@@H]1CCCc2ccccc21. The molecule has 5 atom stereocenters. The lowest BCUT2D eigenvalue weighted by molar-refractivity contribution is -0.151. The fourth-order valence-electron chi connectivity index (χ4n) is 5.02. The second-order valence-electron chi connectivity index (χ2n) is 9.66. The van der Waals surface area contributed by atoms with Crippen molar-refractivity contribution in [3.05, 3.63) is 71.3 Å². The molecule has 4 N–H and O–H groups in total. The lowest BCUT2D eigenvalue weighted by atomic mass is 9.87. The summed E-state index contributed by atoms with van der Waals surface area (Å²) in [6.45, 7) is 0.0430. The number of hydrogen-bond acceptors (Lipinski definition) is 6. The van der Waals surface area contributed by atoms with Crippen LogP contribution >= 0.6 is 0 Å². The van der Waals surface area contributed by atoms with E-state index in [1.807, 2.05) is 48.5 Å². The number of aliphatic hydroxyl groups is 2. The quantitative estimate of drug-likeness (QED) is 0.484.